The fourth-order valence-corrected chi connectivity index (χ4v) is 3.81. The monoisotopic (exact) mass is 392 g/mol. The maximum absolute atomic E-state index is 12.8. The summed E-state index contributed by atoms with van der Waals surface area (Å²) < 4.78 is 11.0. The van der Waals surface area contributed by atoms with Gasteiger partial charge in [-0.2, -0.15) is 0 Å². The van der Waals surface area contributed by atoms with Crippen LogP contribution < -0.4 is 21.0 Å². The molecular formula is C23H24N2O4. The van der Waals surface area contributed by atoms with Crippen LogP contribution in [0.2, 0.25) is 0 Å². The van der Waals surface area contributed by atoms with Crippen molar-refractivity contribution in [2.45, 2.75) is 32.7 Å². The van der Waals surface area contributed by atoms with Gasteiger partial charge >= 0.3 is 5.63 Å². The highest BCUT2D eigenvalue weighted by Gasteiger charge is 2.18. The summed E-state index contributed by atoms with van der Waals surface area (Å²) in [6.45, 7) is 3.80. The molecule has 1 aliphatic heterocycles. The van der Waals surface area contributed by atoms with Gasteiger partial charge in [0.05, 0.1) is 7.11 Å². The SMILES string of the molecule is CCCc1c(OC)ccc2cc(C(=O)Nc3ccc4c(c3)CCNC4)c(=O)oc12. The lowest BCUT2D eigenvalue weighted by Crippen LogP contribution is -2.24. The predicted molar refractivity (Wildman–Crippen MR) is 113 cm³/mol. The minimum Gasteiger partial charge on any atom is -0.496 e. The van der Waals surface area contributed by atoms with E-state index in [1.807, 2.05) is 31.2 Å². The van der Waals surface area contributed by atoms with Crippen LogP contribution in [0.15, 0.2) is 45.6 Å². The number of methoxy groups -OCH3 is 1. The molecule has 0 fully saturated rings. The van der Waals surface area contributed by atoms with Gasteiger partial charge in [-0.05, 0) is 60.8 Å². The van der Waals surface area contributed by atoms with E-state index in [1.165, 1.54) is 11.1 Å². The molecule has 29 heavy (non-hydrogen) atoms. The highest BCUT2D eigenvalue weighted by Crippen LogP contribution is 2.29. The molecule has 3 aromatic rings. The molecule has 4 rings (SSSR count). The quantitative estimate of drug-likeness (QED) is 0.648. The van der Waals surface area contributed by atoms with Crippen molar-refractivity contribution in [3.63, 3.8) is 0 Å². The molecule has 0 atom stereocenters. The number of aryl methyl sites for hydroxylation is 1. The Morgan fingerprint density at radius 3 is 2.86 bits per heavy atom. The van der Waals surface area contributed by atoms with Crippen LogP contribution in [-0.4, -0.2) is 19.6 Å². The standard InChI is InChI=1S/C23H24N2O4/c1-3-4-18-20(28-2)8-6-15-12-19(23(27)29-21(15)18)22(26)25-17-7-5-16-13-24-10-9-14(16)11-17/h5-8,11-12,24H,3-4,9-10,13H2,1-2H3,(H,25,26). The number of amides is 1. The Morgan fingerprint density at radius 1 is 1.21 bits per heavy atom. The van der Waals surface area contributed by atoms with Crippen LogP contribution in [0.3, 0.4) is 0 Å². The summed E-state index contributed by atoms with van der Waals surface area (Å²) in [7, 11) is 1.59. The van der Waals surface area contributed by atoms with E-state index in [0.717, 1.165) is 37.9 Å². The molecule has 0 spiro atoms. The molecule has 6 nitrogen and oxygen atoms in total. The zero-order valence-electron chi connectivity index (χ0n) is 16.6. The second-order valence-corrected chi connectivity index (χ2v) is 7.23. The van der Waals surface area contributed by atoms with Crippen LogP contribution in [-0.2, 0) is 19.4 Å². The van der Waals surface area contributed by atoms with Gasteiger partial charge < -0.3 is 19.8 Å². The van der Waals surface area contributed by atoms with Crippen molar-refractivity contribution in [3.05, 3.63) is 69.1 Å². The third-order valence-corrected chi connectivity index (χ3v) is 5.28. The van der Waals surface area contributed by atoms with Gasteiger partial charge in [-0.25, -0.2) is 4.79 Å². The van der Waals surface area contributed by atoms with E-state index in [2.05, 4.69) is 10.6 Å². The number of hydrogen-bond acceptors (Lipinski definition) is 5. The number of hydrogen-bond donors (Lipinski definition) is 2. The van der Waals surface area contributed by atoms with Gasteiger partial charge in [0.1, 0.15) is 16.9 Å². The number of ether oxygens (including phenoxy) is 1. The van der Waals surface area contributed by atoms with E-state index < -0.39 is 11.5 Å². The fourth-order valence-electron chi connectivity index (χ4n) is 3.81. The number of carbonyl (C=O) groups excluding carboxylic acids is 1. The lowest BCUT2D eigenvalue weighted by molar-refractivity contribution is 0.102. The maximum atomic E-state index is 12.8. The van der Waals surface area contributed by atoms with Crippen LogP contribution in [0, 0.1) is 0 Å². The molecule has 2 aromatic carbocycles. The molecule has 1 aromatic heterocycles. The van der Waals surface area contributed by atoms with E-state index in [4.69, 9.17) is 9.15 Å². The zero-order valence-corrected chi connectivity index (χ0v) is 16.6. The molecule has 1 amide bonds. The van der Waals surface area contributed by atoms with E-state index in [9.17, 15) is 9.59 Å². The predicted octanol–water partition coefficient (Wildman–Crippen LogP) is 3.65. The molecule has 2 N–H and O–H groups in total. The molecule has 0 aliphatic carbocycles. The second-order valence-electron chi connectivity index (χ2n) is 7.23. The summed E-state index contributed by atoms with van der Waals surface area (Å²) in [6, 6.07) is 11.1. The van der Waals surface area contributed by atoms with Gasteiger partial charge in [-0.15, -0.1) is 0 Å². The maximum Gasteiger partial charge on any atom is 0.349 e. The fraction of sp³-hybridized carbons (Fsp3) is 0.304. The van der Waals surface area contributed by atoms with Crippen molar-refractivity contribution >= 4 is 22.6 Å². The number of nitrogens with one attached hydrogen (secondary N) is 2. The van der Waals surface area contributed by atoms with Crippen molar-refractivity contribution in [2.24, 2.45) is 0 Å². The third kappa shape index (κ3) is 3.76. The molecular weight excluding hydrogens is 368 g/mol. The average molecular weight is 392 g/mol. The van der Waals surface area contributed by atoms with Gasteiger partial charge in [0.15, 0.2) is 0 Å². The number of rotatable bonds is 5. The minimum atomic E-state index is -0.650. The van der Waals surface area contributed by atoms with Crippen LogP contribution in [0.25, 0.3) is 11.0 Å². The van der Waals surface area contributed by atoms with Crippen LogP contribution in [0.1, 0.15) is 40.4 Å². The smallest absolute Gasteiger partial charge is 0.349 e. The van der Waals surface area contributed by atoms with E-state index >= 15 is 0 Å². The number of benzene rings is 2. The van der Waals surface area contributed by atoms with Crippen molar-refractivity contribution in [2.75, 3.05) is 19.0 Å². The first-order chi connectivity index (χ1) is 14.1. The molecule has 1 aliphatic rings. The summed E-state index contributed by atoms with van der Waals surface area (Å²) in [5.74, 6) is 0.214. The Bertz CT molecular complexity index is 1130. The highest BCUT2D eigenvalue weighted by molar-refractivity contribution is 6.05. The Labute approximate surface area is 168 Å². The Kier molecular flexibility index (Phi) is 5.36. The zero-order chi connectivity index (χ0) is 20.4. The molecule has 150 valence electrons. The molecule has 0 unspecified atom stereocenters. The summed E-state index contributed by atoms with van der Waals surface area (Å²) in [6.07, 6.45) is 2.52. The Balaban J connectivity index is 1.67. The van der Waals surface area contributed by atoms with Crippen LogP contribution >= 0.6 is 0 Å². The van der Waals surface area contributed by atoms with Gasteiger partial charge in [-0.1, -0.05) is 19.4 Å². The van der Waals surface area contributed by atoms with Crippen LogP contribution in [0.4, 0.5) is 5.69 Å². The number of fused-ring (bicyclic) bond motifs is 2. The van der Waals surface area contributed by atoms with Gasteiger partial charge in [-0.3, -0.25) is 4.79 Å². The summed E-state index contributed by atoms with van der Waals surface area (Å²) >= 11 is 0. The highest BCUT2D eigenvalue weighted by atomic mass is 16.5. The summed E-state index contributed by atoms with van der Waals surface area (Å²) in [4.78, 5) is 25.3. The normalized spacial score (nSPS) is 13.2. The third-order valence-electron chi connectivity index (χ3n) is 5.28. The largest absolute Gasteiger partial charge is 0.496 e. The average Bonchev–Trinajstić information content (AvgIpc) is 2.73. The Morgan fingerprint density at radius 2 is 2.07 bits per heavy atom. The lowest BCUT2D eigenvalue weighted by atomic mass is 10.0. The van der Waals surface area contributed by atoms with E-state index in [-0.39, 0.29) is 5.56 Å². The second kappa shape index (κ2) is 8.09. The minimum absolute atomic E-state index is 0.00972. The van der Waals surface area contributed by atoms with Gasteiger partial charge in [0.2, 0.25) is 0 Å². The molecule has 0 saturated carbocycles. The van der Waals surface area contributed by atoms with E-state index in [0.29, 0.717) is 22.4 Å². The summed E-state index contributed by atoms with van der Waals surface area (Å²) in [5.41, 5.74) is 3.79. The topological polar surface area (TPSA) is 80.6 Å². The molecule has 2 heterocycles. The number of anilines is 1. The van der Waals surface area contributed by atoms with Crippen molar-refractivity contribution in [3.8, 4) is 5.75 Å². The molecule has 6 heteroatoms. The first-order valence-corrected chi connectivity index (χ1v) is 9.88. The molecule has 0 radical (unpaired) electrons. The van der Waals surface area contributed by atoms with Gasteiger partial charge in [0, 0.05) is 23.2 Å². The molecule has 0 saturated heterocycles. The van der Waals surface area contributed by atoms with Gasteiger partial charge in [0.25, 0.3) is 5.91 Å². The summed E-state index contributed by atoms with van der Waals surface area (Å²) in [5, 5.41) is 6.86. The van der Waals surface area contributed by atoms with Crippen molar-refractivity contribution < 1.29 is 13.9 Å². The first kappa shape index (κ1) is 19.2. The lowest BCUT2D eigenvalue weighted by Gasteiger charge is -2.18. The van der Waals surface area contributed by atoms with E-state index in [1.54, 1.807) is 19.2 Å². The Hall–Kier alpha value is -3.12. The molecule has 0 bridgehead atoms. The number of carbonyl (C=O) groups is 1. The van der Waals surface area contributed by atoms with Crippen molar-refractivity contribution in [1.82, 2.24) is 5.32 Å². The van der Waals surface area contributed by atoms with Crippen molar-refractivity contribution in [1.29, 1.82) is 0 Å². The van der Waals surface area contributed by atoms with Crippen LogP contribution in [0.5, 0.6) is 5.75 Å². The first-order valence-electron chi connectivity index (χ1n) is 9.88.